The maximum absolute atomic E-state index is 11.2. The Hall–Kier alpha value is -2.45. The predicted octanol–water partition coefficient (Wildman–Crippen LogP) is 4.11. The van der Waals surface area contributed by atoms with Crippen LogP contribution >= 0.6 is 0 Å². The number of hydrogen-bond donors (Lipinski definition) is 1. The van der Waals surface area contributed by atoms with Crippen molar-refractivity contribution in [2.45, 2.75) is 70.9 Å². The lowest BCUT2D eigenvalue weighted by Gasteiger charge is -2.27. The molecule has 2 aliphatic rings. The number of rotatable bonds is 7. The van der Waals surface area contributed by atoms with Gasteiger partial charge in [0, 0.05) is 6.61 Å². The first-order valence-electron chi connectivity index (χ1n) is 10.6. The van der Waals surface area contributed by atoms with Gasteiger partial charge in [0.15, 0.2) is 12.1 Å². The zero-order valence-electron chi connectivity index (χ0n) is 17.2. The summed E-state index contributed by atoms with van der Waals surface area (Å²) in [4.78, 5) is 15.7. The highest BCUT2D eigenvalue weighted by Gasteiger charge is 2.28. The Bertz CT molecular complexity index is 844. The average molecular weight is 416 g/mol. The lowest BCUT2D eigenvalue weighted by molar-refractivity contribution is -0.168. The number of aromatic nitrogens is 2. The summed E-state index contributed by atoms with van der Waals surface area (Å²) in [5, 5.41) is 13.3. The van der Waals surface area contributed by atoms with Crippen molar-refractivity contribution in [1.82, 2.24) is 10.1 Å². The van der Waals surface area contributed by atoms with Crippen LogP contribution in [-0.4, -0.2) is 40.2 Å². The Kier molecular flexibility index (Phi) is 6.64. The summed E-state index contributed by atoms with van der Waals surface area (Å²) < 4.78 is 23.0. The minimum atomic E-state index is -0.745. The summed E-state index contributed by atoms with van der Waals surface area (Å²) in [6.07, 6.45) is 7.41. The van der Waals surface area contributed by atoms with Gasteiger partial charge in [0.2, 0.25) is 0 Å². The molecule has 2 aromatic rings. The fourth-order valence-electron chi connectivity index (χ4n) is 4.03. The maximum atomic E-state index is 11.2. The summed E-state index contributed by atoms with van der Waals surface area (Å²) in [6, 6.07) is 3.66. The SMILES string of the molecule is Cc1noc(-c2ccc(OC3CCCC(C(=O)O)C3)cn2)c1COC1CCCCO1. The number of carbonyl (C=O) groups is 1. The number of pyridine rings is 1. The minimum absolute atomic E-state index is 0.0977. The molecule has 1 aliphatic carbocycles. The molecule has 1 saturated heterocycles. The fraction of sp³-hybridized carbons (Fsp3) is 0.591. The Morgan fingerprint density at radius 2 is 2.13 bits per heavy atom. The number of nitrogens with zero attached hydrogens (tertiary/aromatic N) is 2. The van der Waals surface area contributed by atoms with Crippen LogP contribution in [0.2, 0.25) is 0 Å². The van der Waals surface area contributed by atoms with Crippen molar-refractivity contribution < 1.29 is 28.6 Å². The largest absolute Gasteiger partial charge is 0.489 e. The van der Waals surface area contributed by atoms with E-state index in [2.05, 4.69) is 10.1 Å². The van der Waals surface area contributed by atoms with Crippen molar-refractivity contribution in [3.05, 3.63) is 29.6 Å². The third-order valence-corrected chi connectivity index (χ3v) is 5.78. The zero-order valence-corrected chi connectivity index (χ0v) is 17.2. The van der Waals surface area contributed by atoms with Crippen LogP contribution in [0, 0.1) is 12.8 Å². The quantitative estimate of drug-likeness (QED) is 0.719. The van der Waals surface area contributed by atoms with Crippen LogP contribution in [0.1, 0.15) is 56.2 Å². The van der Waals surface area contributed by atoms with E-state index in [4.69, 9.17) is 18.7 Å². The molecule has 3 heterocycles. The first kappa shape index (κ1) is 20.8. The Morgan fingerprint density at radius 3 is 2.87 bits per heavy atom. The van der Waals surface area contributed by atoms with E-state index >= 15 is 0 Å². The lowest BCUT2D eigenvalue weighted by atomic mass is 9.87. The Morgan fingerprint density at radius 1 is 1.23 bits per heavy atom. The summed E-state index contributed by atoms with van der Waals surface area (Å²) >= 11 is 0. The molecule has 3 unspecified atom stereocenters. The molecule has 8 heteroatoms. The summed E-state index contributed by atoms with van der Waals surface area (Å²) in [5.74, 6) is 0.132. The number of aliphatic carboxylic acids is 1. The molecule has 1 aliphatic heterocycles. The first-order valence-corrected chi connectivity index (χ1v) is 10.6. The second-order valence-corrected chi connectivity index (χ2v) is 8.00. The van der Waals surface area contributed by atoms with Crippen molar-refractivity contribution in [3.8, 4) is 17.2 Å². The Labute approximate surface area is 175 Å². The molecule has 162 valence electrons. The van der Waals surface area contributed by atoms with Gasteiger partial charge in [-0.3, -0.25) is 4.79 Å². The molecule has 2 fully saturated rings. The topological polar surface area (TPSA) is 104 Å². The molecule has 0 aromatic carbocycles. The van der Waals surface area contributed by atoms with Crippen molar-refractivity contribution in [1.29, 1.82) is 0 Å². The summed E-state index contributed by atoms with van der Waals surface area (Å²) in [5.41, 5.74) is 2.28. The molecule has 30 heavy (non-hydrogen) atoms. The second-order valence-electron chi connectivity index (χ2n) is 8.00. The van der Waals surface area contributed by atoms with Crippen molar-refractivity contribution in [2.24, 2.45) is 5.92 Å². The molecule has 3 atom stereocenters. The number of aryl methyl sites for hydroxylation is 1. The molecule has 8 nitrogen and oxygen atoms in total. The number of carboxylic acid groups (broad SMARTS) is 1. The van der Waals surface area contributed by atoms with Crippen molar-refractivity contribution in [2.75, 3.05) is 6.61 Å². The third kappa shape index (κ3) is 4.99. The van der Waals surface area contributed by atoms with E-state index in [0.29, 0.717) is 36.7 Å². The number of ether oxygens (including phenoxy) is 3. The van der Waals surface area contributed by atoms with Gasteiger partial charge in [0.1, 0.15) is 11.4 Å². The van der Waals surface area contributed by atoms with Gasteiger partial charge >= 0.3 is 5.97 Å². The highest BCUT2D eigenvalue weighted by atomic mass is 16.7. The van der Waals surface area contributed by atoms with E-state index in [9.17, 15) is 9.90 Å². The monoisotopic (exact) mass is 416 g/mol. The van der Waals surface area contributed by atoms with E-state index in [-0.39, 0.29) is 18.3 Å². The minimum Gasteiger partial charge on any atom is -0.489 e. The van der Waals surface area contributed by atoms with E-state index in [0.717, 1.165) is 50.0 Å². The normalized spacial score (nSPS) is 24.5. The van der Waals surface area contributed by atoms with Crippen LogP contribution in [-0.2, 0) is 20.9 Å². The highest BCUT2D eigenvalue weighted by Crippen LogP contribution is 2.30. The standard InChI is InChI=1S/C22H28N2O6/c1-14-18(13-28-20-7-2-3-10-27-20)21(30-24-14)19-9-8-17(12-23-19)29-16-6-4-5-15(11-16)22(25)26/h8-9,12,15-16,20H,2-7,10-11,13H2,1H3,(H,25,26). The van der Waals surface area contributed by atoms with Crippen molar-refractivity contribution >= 4 is 5.97 Å². The van der Waals surface area contributed by atoms with E-state index in [1.54, 1.807) is 6.20 Å². The van der Waals surface area contributed by atoms with Gasteiger partial charge < -0.3 is 23.8 Å². The fourth-order valence-corrected chi connectivity index (χ4v) is 4.03. The van der Waals surface area contributed by atoms with Crippen LogP contribution in [0.3, 0.4) is 0 Å². The third-order valence-electron chi connectivity index (χ3n) is 5.78. The maximum Gasteiger partial charge on any atom is 0.306 e. The molecule has 1 N–H and O–H groups in total. The Balaban J connectivity index is 1.39. The van der Waals surface area contributed by atoms with Gasteiger partial charge in [-0.15, -0.1) is 0 Å². The molecular weight excluding hydrogens is 388 g/mol. The van der Waals surface area contributed by atoms with Gasteiger partial charge in [0.25, 0.3) is 0 Å². The van der Waals surface area contributed by atoms with Gasteiger partial charge in [-0.2, -0.15) is 0 Å². The van der Waals surface area contributed by atoms with Crippen LogP contribution in [0.5, 0.6) is 5.75 Å². The molecule has 1 saturated carbocycles. The molecule has 0 radical (unpaired) electrons. The zero-order chi connectivity index (χ0) is 20.9. The van der Waals surface area contributed by atoms with E-state index < -0.39 is 5.97 Å². The molecule has 0 bridgehead atoms. The lowest BCUT2D eigenvalue weighted by Crippen LogP contribution is -2.29. The first-order chi connectivity index (χ1) is 14.6. The number of carboxylic acids is 1. The molecular formula is C22H28N2O6. The van der Waals surface area contributed by atoms with Crippen LogP contribution in [0.25, 0.3) is 11.5 Å². The molecule has 2 aromatic heterocycles. The summed E-state index contributed by atoms with van der Waals surface area (Å²) in [6.45, 7) is 2.97. The van der Waals surface area contributed by atoms with Gasteiger partial charge in [-0.1, -0.05) is 5.16 Å². The van der Waals surface area contributed by atoms with E-state index in [1.165, 1.54) is 0 Å². The second kappa shape index (κ2) is 9.57. The van der Waals surface area contributed by atoms with Crippen LogP contribution in [0.15, 0.2) is 22.9 Å². The van der Waals surface area contributed by atoms with Gasteiger partial charge in [-0.05, 0) is 64.0 Å². The van der Waals surface area contributed by atoms with E-state index in [1.807, 2.05) is 19.1 Å². The number of hydrogen-bond acceptors (Lipinski definition) is 7. The predicted molar refractivity (Wildman–Crippen MR) is 107 cm³/mol. The van der Waals surface area contributed by atoms with Crippen LogP contribution in [0.4, 0.5) is 0 Å². The smallest absolute Gasteiger partial charge is 0.306 e. The molecule has 0 spiro atoms. The van der Waals surface area contributed by atoms with Gasteiger partial charge in [0.05, 0.1) is 36.1 Å². The summed E-state index contributed by atoms with van der Waals surface area (Å²) in [7, 11) is 0. The molecule has 0 amide bonds. The highest BCUT2D eigenvalue weighted by molar-refractivity contribution is 5.70. The van der Waals surface area contributed by atoms with Crippen molar-refractivity contribution in [3.63, 3.8) is 0 Å². The van der Waals surface area contributed by atoms with Gasteiger partial charge in [-0.25, -0.2) is 4.98 Å². The average Bonchev–Trinajstić information content (AvgIpc) is 3.14. The van der Waals surface area contributed by atoms with Crippen LogP contribution < -0.4 is 4.74 Å². The molecule has 4 rings (SSSR count).